The van der Waals surface area contributed by atoms with Crippen molar-refractivity contribution in [2.75, 3.05) is 0 Å². The summed E-state index contributed by atoms with van der Waals surface area (Å²) < 4.78 is 0.583. The Hall–Kier alpha value is -0.150. The molecule has 1 aromatic rings. The van der Waals surface area contributed by atoms with Crippen molar-refractivity contribution in [2.45, 2.75) is 44.4 Å². The number of halogens is 1. The van der Waals surface area contributed by atoms with Gasteiger partial charge in [0.2, 0.25) is 4.47 Å². The second kappa shape index (κ2) is 4.38. The van der Waals surface area contributed by atoms with Gasteiger partial charge in [0.05, 0.1) is 0 Å². The number of rotatable bonds is 1. The Kier molecular flexibility index (Phi) is 3.17. The van der Waals surface area contributed by atoms with Crippen LogP contribution in [0.15, 0.2) is 0 Å². The number of aromatic nitrogens is 2. The minimum absolute atomic E-state index is 0.583. The van der Waals surface area contributed by atoms with Gasteiger partial charge in [-0.15, -0.1) is 10.2 Å². The maximum atomic E-state index is 5.77. The van der Waals surface area contributed by atoms with E-state index >= 15 is 0 Å². The Morgan fingerprint density at radius 3 is 2.31 bits per heavy atom. The highest BCUT2D eigenvalue weighted by Crippen LogP contribution is 2.33. The quantitative estimate of drug-likeness (QED) is 0.670. The van der Waals surface area contributed by atoms with Crippen molar-refractivity contribution in [3.8, 4) is 0 Å². The summed E-state index contributed by atoms with van der Waals surface area (Å²) in [6.07, 6.45) is 7.97. The molecule has 2 rings (SSSR count). The van der Waals surface area contributed by atoms with Gasteiger partial charge in [0, 0.05) is 5.92 Å². The number of nitrogens with zero attached hydrogens (tertiary/aromatic N) is 2. The summed E-state index contributed by atoms with van der Waals surface area (Å²) in [7, 11) is 0. The van der Waals surface area contributed by atoms with Crippen molar-refractivity contribution in [1.82, 2.24) is 10.2 Å². The molecule has 0 unspecified atom stereocenters. The topological polar surface area (TPSA) is 25.8 Å². The predicted molar refractivity (Wildman–Crippen MR) is 55.4 cm³/mol. The van der Waals surface area contributed by atoms with E-state index in [0.29, 0.717) is 10.4 Å². The Balaban J connectivity index is 2.06. The molecule has 1 fully saturated rings. The van der Waals surface area contributed by atoms with Crippen LogP contribution in [0.5, 0.6) is 0 Å². The third kappa shape index (κ3) is 2.41. The normalized spacial score (nSPS) is 20.1. The van der Waals surface area contributed by atoms with Crippen molar-refractivity contribution in [2.24, 2.45) is 0 Å². The van der Waals surface area contributed by atoms with Gasteiger partial charge in [-0.25, -0.2) is 0 Å². The maximum absolute atomic E-state index is 5.77. The fourth-order valence-electron chi connectivity index (χ4n) is 1.91. The second-order valence-electron chi connectivity index (χ2n) is 3.58. The van der Waals surface area contributed by atoms with Crippen molar-refractivity contribution < 1.29 is 0 Å². The summed E-state index contributed by atoms with van der Waals surface area (Å²) in [5, 5.41) is 9.12. The van der Waals surface area contributed by atoms with Crippen LogP contribution in [-0.2, 0) is 0 Å². The van der Waals surface area contributed by atoms with Crippen LogP contribution in [-0.4, -0.2) is 10.2 Å². The Morgan fingerprint density at radius 1 is 1.08 bits per heavy atom. The summed E-state index contributed by atoms with van der Waals surface area (Å²) in [6.45, 7) is 0. The number of hydrogen-bond acceptors (Lipinski definition) is 3. The summed E-state index contributed by atoms with van der Waals surface area (Å²) in [4.78, 5) is 0. The van der Waals surface area contributed by atoms with Gasteiger partial charge in [-0.2, -0.15) is 0 Å². The van der Waals surface area contributed by atoms with Crippen LogP contribution in [0.4, 0.5) is 0 Å². The van der Waals surface area contributed by atoms with Crippen molar-refractivity contribution in [1.29, 1.82) is 0 Å². The van der Waals surface area contributed by atoms with Gasteiger partial charge < -0.3 is 0 Å². The average molecular weight is 217 g/mol. The molecule has 1 aromatic heterocycles. The summed E-state index contributed by atoms with van der Waals surface area (Å²) in [5.74, 6) is 0.632. The van der Waals surface area contributed by atoms with E-state index < -0.39 is 0 Å². The van der Waals surface area contributed by atoms with E-state index in [0.717, 1.165) is 5.01 Å². The van der Waals surface area contributed by atoms with Crippen LogP contribution in [0.25, 0.3) is 0 Å². The summed E-state index contributed by atoms with van der Waals surface area (Å²) in [5.41, 5.74) is 0. The molecule has 0 N–H and O–H groups in total. The molecular weight excluding hydrogens is 204 g/mol. The highest BCUT2D eigenvalue weighted by Gasteiger charge is 2.17. The van der Waals surface area contributed by atoms with E-state index in [1.54, 1.807) is 11.3 Å². The zero-order chi connectivity index (χ0) is 9.10. The third-order valence-electron chi connectivity index (χ3n) is 2.62. The first-order chi connectivity index (χ1) is 6.36. The first-order valence-electron chi connectivity index (χ1n) is 4.85. The molecular formula is C9H13ClN2S. The van der Waals surface area contributed by atoms with Crippen molar-refractivity contribution in [3.05, 3.63) is 9.47 Å². The first kappa shape index (κ1) is 9.41. The molecule has 0 radical (unpaired) electrons. The monoisotopic (exact) mass is 216 g/mol. The lowest BCUT2D eigenvalue weighted by Gasteiger charge is -2.08. The van der Waals surface area contributed by atoms with Crippen molar-refractivity contribution >= 4 is 22.9 Å². The molecule has 4 heteroatoms. The minimum atomic E-state index is 0.583. The Bertz CT molecular complexity index is 266. The fourth-order valence-corrected chi connectivity index (χ4v) is 2.92. The van der Waals surface area contributed by atoms with Gasteiger partial charge in [0.25, 0.3) is 0 Å². The van der Waals surface area contributed by atoms with Crippen LogP contribution < -0.4 is 0 Å². The molecule has 0 bridgehead atoms. The smallest absolute Gasteiger partial charge is 0.142 e. The lowest BCUT2D eigenvalue weighted by Crippen LogP contribution is -1.96. The molecule has 13 heavy (non-hydrogen) atoms. The molecule has 1 heterocycles. The van der Waals surface area contributed by atoms with Crippen LogP contribution >= 0.6 is 22.9 Å². The first-order valence-corrected chi connectivity index (χ1v) is 6.04. The molecule has 0 spiro atoms. The molecule has 2 nitrogen and oxygen atoms in total. The highest BCUT2D eigenvalue weighted by molar-refractivity contribution is 7.15. The zero-order valence-corrected chi connectivity index (χ0v) is 9.07. The second-order valence-corrected chi connectivity index (χ2v) is 5.17. The molecule has 0 saturated heterocycles. The third-order valence-corrected chi connectivity index (χ3v) is 3.80. The molecule has 0 aromatic carbocycles. The van der Waals surface area contributed by atoms with Gasteiger partial charge in [-0.3, -0.25) is 0 Å². The minimum Gasteiger partial charge on any atom is -0.142 e. The molecule has 1 aliphatic carbocycles. The van der Waals surface area contributed by atoms with Crippen LogP contribution in [0.3, 0.4) is 0 Å². The molecule has 0 atom stereocenters. The average Bonchev–Trinajstić information content (AvgIpc) is 2.43. The van der Waals surface area contributed by atoms with Gasteiger partial charge in [-0.1, -0.05) is 37.0 Å². The van der Waals surface area contributed by atoms with E-state index in [2.05, 4.69) is 10.2 Å². The van der Waals surface area contributed by atoms with E-state index in [1.807, 2.05) is 0 Å². The SMILES string of the molecule is Clc1nnc(C2CCCCCC2)s1. The molecule has 72 valence electrons. The maximum Gasteiger partial charge on any atom is 0.207 e. The molecule has 0 aliphatic heterocycles. The van der Waals surface area contributed by atoms with E-state index in [-0.39, 0.29) is 0 Å². The molecule has 0 amide bonds. The van der Waals surface area contributed by atoms with E-state index in [1.165, 1.54) is 38.5 Å². The van der Waals surface area contributed by atoms with Gasteiger partial charge in [0.15, 0.2) is 0 Å². The summed E-state index contributed by atoms with van der Waals surface area (Å²) >= 11 is 7.31. The standard InChI is InChI=1S/C9H13ClN2S/c10-9-12-11-8(13-9)7-5-3-1-2-4-6-7/h7H,1-6H2. The van der Waals surface area contributed by atoms with Gasteiger partial charge in [0.1, 0.15) is 5.01 Å². The van der Waals surface area contributed by atoms with Gasteiger partial charge in [-0.05, 0) is 24.4 Å². The lowest BCUT2D eigenvalue weighted by atomic mass is 10.0. The van der Waals surface area contributed by atoms with Crippen molar-refractivity contribution in [3.63, 3.8) is 0 Å². The van der Waals surface area contributed by atoms with Crippen LogP contribution in [0.2, 0.25) is 4.47 Å². The predicted octanol–water partition coefficient (Wildman–Crippen LogP) is 3.63. The highest BCUT2D eigenvalue weighted by atomic mass is 35.5. The lowest BCUT2D eigenvalue weighted by molar-refractivity contribution is 0.584. The molecule has 1 saturated carbocycles. The van der Waals surface area contributed by atoms with Crippen LogP contribution in [0, 0.1) is 0 Å². The van der Waals surface area contributed by atoms with Gasteiger partial charge >= 0.3 is 0 Å². The van der Waals surface area contributed by atoms with E-state index in [4.69, 9.17) is 11.6 Å². The fraction of sp³-hybridized carbons (Fsp3) is 0.778. The Morgan fingerprint density at radius 2 is 1.77 bits per heavy atom. The largest absolute Gasteiger partial charge is 0.207 e. The van der Waals surface area contributed by atoms with E-state index in [9.17, 15) is 0 Å². The Labute approximate surface area is 87.3 Å². The number of hydrogen-bond donors (Lipinski definition) is 0. The summed E-state index contributed by atoms with van der Waals surface area (Å²) in [6, 6.07) is 0. The molecule has 1 aliphatic rings. The zero-order valence-electron chi connectivity index (χ0n) is 7.50. The van der Waals surface area contributed by atoms with Crippen LogP contribution in [0.1, 0.15) is 49.5 Å².